The van der Waals surface area contributed by atoms with Crippen molar-refractivity contribution in [2.75, 3.05) is 5.75 Å². The van der Waals surface area contributed by atoms with E-state index in [0.29, 0.717) is 12.8 Å². The van der Waals surface area contributed by atoms with Crippen LogP contribution < -0.4 is 5.32 Å². The Hall–Kier alpha value is -1.96. The van der Waals surface area contributed by atoms with Crippen molar-refractivity contribution in [3.63, 3.8) is 0 Å². The number of nitrogens with one attached hydrogen (secondary N) is 1. The van der Waals surface area contributed by atoms with E-state index in [2.05, 4.69) is 67.8 Å². The lowest BCUT2D eigenvalue weighted by Gasteiger charge is -2.21. The molecule has 3 N–H and O–H groups in total. The molecule has 0 heterocycles. The zero-order valence-electron chi connectivity index (χ0n) is 27.3. The van der Waals surface area contributed by atoms with Crippen LogP contribution in [0.5, 0.6) is 0 Å². The fraction of sp³-hybridized carbons (Fsp3) is 0.694. The SMILES string of the molecule is CCCCC/C=C\C/C=C\CCCCCCCC(=O)NC(CS(=O)(=O)O)C(O)/C=C/CC/C=C/CC/C=C/CCCCC. The van der Waals surface area contributed by atoms with Crippen LogP contribution in [0.25, 0.3) is 0 Å². The minimum atomic E-state index is -4.36. The van der Waals surface area contributed by atoms with Gasteiger partial charge in [0.25, 0.3) is 10.1 Å². The molecule has 6 nitrogen and oxygen atoms in total. The summed E-state index contributed by atoms with van der Waals surface area (Å²) in [6, 6.07) is -1.09. The Morgan fingerprint density at radius 2 is 1.07 bits per heavy atom. The van der Waals surface area contributed by atoms with E-state index in [4.69, 9.17) is 0 Å². The first-order valence-electron chi connectivity index (χ1n) is 17.0. The lowest BCUT2D eigenvalue weighted by Crippen LogP contribution is -2.46. The number of hydrogen-bond acceptors (Lipinski definition) is 4. The normalized spacial score (nSPS) is 14.2. The number of rotatable bonds is 29. The monoisotopic (exact) mass is 621 g/mol. The smallest absolute Gasteiger partial charge is 0.267 e. The van der Waals surface area contributed by atoms with E-state index in [1.807, 2.05) is 0 Å². The summed E-state index contributed by atoms with van der Waals surface area (Å²) in [5.74, 6) is -1.03. The van der Waals surface area contributed by atoms with E-state index in [1.54, 1.807) is 6.08 Å². The van der Waals surface area contributed by atoms with E-state index in [0.717, 1.165) is 64.2 Å². The molecule has 0 aromatic rings. The van der Waals surface area contributed by atoms with Crippen LogP contribution in [-0.2, 0) is 14.9 Å². The van der Waals surface area contributed by atoms with Gasteiger partial charge in [-0.1, -0.05) is 120 Å². The summed E-state index contributed by atoms with van der Waals surface area (Å²) < 4.78 is 32.3. The molecule has 0 aliphatic carbocycles. The largest absolute Gasteiger partial charge is 0.387 e. The highest BCUT2D eigenvalue weighted by Gasteiger charge is 2.24. The quantitative estimate of drug-likeness (QED) is 0.0439. The topological polar surface area (TPSA) is 104 Å². The zero-order chi connectivity index (χ0) is 31.9. The van der Waals surface area contributed by atoms with Gasteiger partial charge in [-0.05, 0) is 77.0 Å². The molecule has 0 aliphatic rings. The van der Waals surface area contributed by atoms with Crippen LogP contribution in [0.2, 0.25) is 0 Å². The number of aliphatic hydroxyl groups is 1. The molecule has 2 atom stereocenters. The molecule has 43 heavy (non-hydrogen) atoms. The van der Waals surface area contributed by atoms with Crippen LogP contribution in [0.15, 0.2) is 60.8 Å². The second-order valence-corrected chi connectivity index (χ2v) is 12.9. The molecule has 0 bridgehead atoms. The molecule has 0 saturated heterocycles. The van der Waals surface area contributed by atoms with Gasteiger partial charge in [0.2, 0.25) is 5.91 Å². The third-order valence-electron chi connectivity index (χ3n) is 7.14. The predicted octanol–water partition coefficient (Wildman–Crippen LogP) is 9.34. The molecule has 7 heteroatoms. The maximum absolute atomic E-state index is 12.4. The van der Waals surface area contributed by atoms with Gasteiger partial charge in [-0.25, -0.2) is 0 Å². The number of unbranched alkanes of at least 4 members (excludes halogenated alkanes) is 13. The summed E-state index contributed by atoms with van der Waals surface area (Å²) >= 11 is 0. The molecule has 0 saturated carbocycles. The fourth-order valence-corrected chi connectivity index (χ4v) is 5.30. The maximum Gasteiger partial charge on any atom is 0.267 e. The van der Waals surface area contributed by atoms with E-state index in [-0.39, 0.29) is 12.3 Å². The van der Waals surface area contributed by atoms with Crippen molar-refractivity contribution in [1.82, 2.24) is 5.32 Å². The van der Waals surface area contributed by atoms with Gasteiger partial charge < -0.3 is 10.4 Å². The van der Waals surface area contributed by atoms with E-state index >= 15 is 0 Å². The van der Waals surface area contributed by atoms with Crippen molar-refractivity contribution >= 4 is 16.0 Å². The highest BCUT2D eigenvalue weighted by atomic mass is 32.2. The number of carbonyl (C=O) groups is 1. The van der Waals surface area contributed by atoms with Gasteiger partial charge in [0.15, 0.2) is 0 Å². The maximum atomic E-state index is 12.4. The lowest BCUT2D eigenvalue weighted by atomic mass is 10.1. The molecule has 0 aromatic carbocycles. The van der Waals surface area contributed by atoms with E-state index < -0.39 is 28.0 Å². The average molecular weight is 622 g/mol. The molecular weight excluding hydrogens is 558 g/mol. The predicted molar refractivity (Wildman–Crippen MR) is 184 cm³/mol. The van der Waals surface area contributed by atoms with Crippen molar-refractivity contribution in [1.29, 1.82) is 0 Å². The molecule has 0 fully saturated rings. The number of amides is 1. The van der Waals surface area contributed by atoms with Crippen LogP contribution in [0, 0.1) is 0 Å². The van der Waals surface area contributed by atoms with Crippen LogP contribution in [0.1, 0.15) is 142 Å². The number of carbonyl (C=O) groups excluding carboxylic acids is 1. The third-order valence-corrected chi connectivity index (χ3v) is 7.92. The minimum Gasteiger partial charge on any atom is -0.387 e. The standard InChI is InChI=1S/C36H63NO5S/c1-3-5-7-9-11-13-15-17-18-20-22-24-26-28-30-32-36(39)37-34(33-43(40,41)42)35(38)31-29-27-25-23-21-19-16-14-12-10-8-6-4-2/h11-14,17-18,21,23,29,31,34-35,38H,3-10,15-16,19-20,22,24-28,30,32-33H2,1-2H3,(H,37,39)(H,40,41,42)/b13-11-,14-12+,18-17-,23-21+,31-29+. The number of allylic oxidation sites excluding steroid dienone is 9. The molecular formula is C36H63NO5S. The van der Waals surface area contributed by atoms with Crippen molar-refractivity contribution in [2.24, 2.45) is 0 Å². The molecule has 1 amide bonds. The number of hydrogen-bond donors (Lipinski definition) is 3. The molecule has 0 rings (SSSR count). The van der Waals surface area contributed by atoms with Crippen LogP contribution in [0.3, 0.4) is 0 Å². The average Bonchev–Trinajstić information content (AvgIpc) is 2.96. The van der Waals surface area contributed by atoms with Gasteiger partial charge in [-0.15, -0.1) is 0 Å². The van der Waals surface area contributed by atoms with Gasteiger partial charge in [0.1, 0.15) is 0 Å². The second kappa shape index (κ2) is 30.1. The van der Waals surface area contributed by atoms with Crippen molar-refractivity contribution in [2.45, 2.75) is 154 Å². The first kappa shape index (κ1) is 41.0. The summed E-state index contributed by atoms with van der Waals surface area (Å²) in [5.41, 5.74) is 0. The first-order chi connectivity index (χ1) is 20.8. The Morgan fingerprint density at radius 3 is 1.60 bits per heavy atom. The Balaban J connectivity index is 4.16. The van der Waals surface area contributed by atoms with Crippen LogP contribution in [0.4, 0.5) is 0 Å². The fourth-order valence-electron chi connectivity index (χ4n) is 4.57. The Bertz CT molecular complexity index is 905. The van der Waals surface area contributed by atoms with Gasteiger partial charge in [-0.3, -0.25) is 9.35 Å². The lowest BCUT2D eigenvalue weighted by molar-refractivity contribution is -0.122. The second-order valence-electron chi connectivity index (χ2n) is 11.4. The molecule has 0 spiro atoms. The zero-order valence-corrected chi connectivity index (χ0v) is 28.1. The van der Waals surface area contributed by atoms with Gasteiger partial charge in [0, 0.05) is 6.42 Å². The van der Waals surface area contributed by atoms with Crippen molar-refractivity contribution in [3.8, 4) is 0 Å². The highest BCUT2D eigenvalue weighted by molar-refractivity contribution is 7.85. The Kier molecular flexibility index (Phi) is 28.7. The molecule has 0 aromatic heterocycles. The highest BCUT2D eigenvalue weighted by Crippen LogP contribution is 2.10. The first-order valence-corrected chi connectivity index (χ1v) is 18.6. The van der Waals surface area contributed by atoms with Crippen LogP contribution in [-0.4, -0.2) is 41.9 Å². The van der Waals surface area contributed by atoms with Gasteiger partial charge >= 0.3 is 0 Å². The molecule has 0 radical (unpaired) electrons. The summed E-state index contributed by atoms with van der Waals surface area (Å²) in [5, 5.41) is 13.1. The summed E-state index contributed by atoms with van der Waals surface area (Å²) in [6.07, 6.45) is 40.5. The van der Waals surface area contributed by atoms with Gasteiger partial charge in [-0.2, -0.15) is 8.42 Å². The number of aliphatic hydroxyl groups excluding tert-OH is 1. The summed E-state index contributed by atoms with van der Waals surface area (Å²) in [4.78, 5) is 12.4. The Morgan fingerprint density at radius 1 is 0.628 bits per heavy atom. The van der Waals surface area contributed by atoms with E-state index in [1.165, 1.54) is 51.0 Å². The molecule has 248 valence electrons. The Labute approximate surface area is 264 Å². The minimum absolute atomic E-state index is 0.266. The third kappa shape index (κ3) is 31.3. The van der Waals surface area contributed by atoms with E-state index in [9.17, 15) is 22.9 Å². The van der Waals surface area contributed by atoms with Crippen molar-refractivity contribution < 1.29 is 22.9 Å². The molecule has 0 aliphatic heterocycles. The summed E-state index contributed by atoms with van der Waals surface area (Å²) in [6.45, 7) is 4.43. The summed E-state index contributed by atoms with van der Waals surface area (Å²) in [7, 11) is -4.36. The molecule has 2 unspecified atom stereocenters. The van der Waals surface area contributed by atoms with Crippen LogP contribution >= 0.6 is 0 Å². The van der Waals surface area contributed by atoms with Crippen molar-refractivity contribution in [3.05, 3.63) is 60.8 Å². The van der Waals surface area contributed by atoms with Gasteiger partial charge in [0.05, 0.1) is 17.9 Å².